The van der Waals surface area contributed by atoms with E-state index in [2.05, 4.69) is 11.2 Å². The number of aromatic carboxylic acids is 1. The van der Waals surface area contributed by atoms with E-state index in [0.717, 1.165) is 33.6 Å². The number of aryl methyl sites for hydroxylation is 2. The number of hydrogen-bond acceptors (Lipinski definition) is 2. The molecule has 3 rings (SSSR count). The summed E-state index contributed by atoms with van der Waals surface area (Å²) in [5.74, 6) is -1.00. The Balaban J connectivity index is 0.00000225. The molecule has 0 spiro atoms. The molecule has 0 aliphatic heterocycles. The van der Waals surface area contributed by atoms with E-state index in [1.165, 1.54) is 0 Å². The van der Waals surface area contributed by atoms with E-state index in [4.69, 9.17) is 0 Å². The molecule has 3 aromatic rings. The molecule has 0 aliphatic carbocycles. The predicted molar refractivity (Wildman–Crippen MR) is 93.6 cm³/mol. The van der Waals surface area contributed by atoms with Gasteiger partial charge in [-0.05, 0) is 19.0 Å². The molecule has 5 heteroatoms. The van der Waals surface area contributed by atoms with Crippen LogP contribution in [0.15, 0.2) is 42.5 Å². The molecular formula is C20H19N2O2Y-. The molecule has 125 valence electrons. The van der Waals surface area contributed by atoms with Gasteiger partial charge in [-0.3, -0.25) is 4.68 Å². The van der Waals surface area contributed by atoms with Crippen molar-refractivity contribution in [1.29, 1.82) is 0 Å². The molecule has 0 saturated heterocycles. The van der Waals surface area contributed by atoms with Crippen molar-refractivity contribution in [3.05, 3.63) is 70.9 Å². The second-order valence-corrected chi connectivity index (χ2v) is 5.82. The third-order valence-corrected chi connectivity index (χ3v) is 4.13. The van der Waals surface area contributed by atoms with Crippen molar-refractivity contribution in [3.8, 4) is 16.9 Å². The number of hydrogen-bond donors (Lipinski definition) is 1. The molecule has 0 amide bonds. The molecule has 0 fully saturated rings. The first-order valence-corrected chi connectivity index (χ1v) is 7.92. The van der Waals surface area contributed by atoms with Gasteiger partial charge in [-0.25, -0.2) is 4.79 Å². The molecule has 25 heavy (non-hydrogen) atoms. The van der Waals surface area contributed by atoms with Crippen LogP contribution in [0.4, 0.5) is 0 Å². The van der Waals surface area contributed by atoms with Gasteiger partial charge in [0.25, 0.3) is 0 Å². The van der Waals surface area contributed by atoms with Crippen LogP contribution in [0, 0.1) is 19.9 Å². The summed E-state index contributed by atoms with van der Waals surface area (Å²) in [4.78, 5) is 11.7. The van der Waals surface area contributed by atoms with Crippen molar-refractivity contribution in [2.75, 3.05) is 0 Å². The number of benzene rings is 2. The molecule has 4 nitrogen and oxygen atoms in total. The molecule has 0 bridgehead atoms. The van der Waals surface area contributed by atoms with Crippen LogP contribution in [0.2, 0.25) is 0 Å². The van der Waals surface area contributed by atoms with Crippen molar-refractivity contribution in [1.82, 2.24) is 9.78 Å². The van der Waals surface area contributed by atoms with Gasteiger partial charge in [0.05, 0.1) is 5.69 Å². The molecule has 0 atom stereocenters. The Morgan fingerprint density at radius 2 is 1.88 bits per heavy atom. The van der Waals surface area contributed by atoms with Crippen molar-refractivity contribution < 1.29 is 42.6 Å². The minimum absolute atomic E-state index is 0. The number of carbonyl (C=O) groups is 1. The Hall–Kier alpha value is -1.78. The zero-order valence-electron chi connectivity index (χ0n) is 14.6. The minimum atomic E-state index is -1.00. The summed E-state index contributed by atoms with van der Waals surface area (Å²) < 4.78 is 1.75. The maximum atomic E-state index is 11.7. The van der Waals surface area contributed by atoms with Crippen LogP contribution in [0.1, 0.15) is 34.1 Å². The minimum Gasteiger partial charge on any atom is -0.476 e. The maximum absolute atomic E-state index is 11.7. The fourth-order valence-corrected chi connectivity index (χ4v) is 2.88. The number of nitrogens with zero attached hydrogens (tertiary/aromatic N) is 2. The van der Waals surface area contributed by atoms with Crippen molar-refractivity contribution in [2.45, 2.75) is 27.2 Å². The second kappa shape index (κ2) is 8.07. The van der Waals surface area contributed by atoms with Gasteiger partial charge < -0.3 is 5.11 Å². The van der Waals surface area contributed by atoms with Crippen molar-refractivity contribution >= 4 is 5.97 Å². The standard InChI is InChI=1S/C20H19N2O2.Y/c1-4-16-18(20(23)24)21-22(17-8-6-5-7-14(17)3)19(16)15-11-9-13(2)10-12-15;/h6-12H,4H2,1-3H3,(H,23,24);/q-1;. The number of aromatic nitrogens is 2. The van der Waals surface area contributed by atoms with Gasteiger partial charge in [-0.2, -0.15) is 23.3 Å². The molecule has 0 unspecified atom stereocenters. The summed E-state index contributed by atoms with van der Waals surface area (Å²) in [6, 6.07) is 16.7. The fraction of sp³-hybridized carbons (Fsp3) is 0.200. The van der Waals surface area contributed by atoms with Crippen LogP contribution >= 0.6 is 0 Å². The second-order valence-electron chi connectivity index (χ2n) is 5.82. The van der Waals surface area contributed by atoms with Crippen LogP contribution in [0.3, 0.4) is 0 Å². The Bertz CT molecular complexity index is 899. The maximum Gasteiger partial charge on any atom is 0.356 e. The van der Waals surface area contributed by atoms with Crippen LogP contribution in [-0.2, 0) is 39.1 Å². The Labute approximate surface area is 172 Å². The summed E-state index contributed by atoms with van der Waals surface area (Å²) in [5.41, 5.74) is 5.68. The Morgan fingerprint density at radius 3 is 2.44 bits per heavy atom. The van der Waals surface area contributed by atoms with Gasteiger partial charge >= 0.3 is 5.97 Å². The van der Waals surface area contributed by atoms with Crippen LogP contribution in [0.25, 0.3) is 16.9 Å². The van der Waals surface area contributed by atoms with Gasteiger partial charge in [-0.15, -0.1) is 11.6 Å². The molecule has 0 aliphatic rings. The number of carboxylic acids is 1. The SMILES string of the molecule is CCc1c(C(=O)O)nn(-c2cc[c-]cc2C)c1-c1ccc(C)cc1.[Y]. The smallest absolute Gasteiger partial charge is 0.356 e. The monoisotopic (exact) mass is 408 g/mol. The van der Waals surface area contributed by atoms with E-state index >= 15 is 0 Å². The predicted octanol–water partition coefficient (Wildman–Crippen LogP) is 4.21. The first-order chi connectivity index (χ1) is 11.5. The number of carboxylic acid groups (broad SMARTS) is 1. The Kier molecular flexibility index (Phi) is 6.31. The molecule has 1 heterocycles. The van der Waals surface area contributed by atoms with Crippen molar-refractivity contribution in [2.24, 2.45) is 0 Å². The molecule has 1 aromatic heterocycles. The summed E-state index contributed by atoms with van der Waals surface area (Å²) in [5, 5.41) is 14.0. The van der Waals surface area contributed by atoms with Gasteiger partial charge in [-0.1, -0.05) is 43.7 Å². The first-order valence-electron chi connectivity index (χ1n) is 7.92. The van der Waals surface area contributed by atoms with Gasteiger partial charge in [0.15, 0.2) is 5.69 Å². The topological polar surface area (TPSA) is 55.1 Å². The summed E-state index contributed by atoms with van der Waals surface area (Å²) in [7, 11) is 0. The van der Waals surface area contributed by atoms with E-state index in [0.29, 0.717) is 6.42 Å². The van der Waals surface area contributed by atoms with Crippen LogP contribution in [-0.4, -0.2) is 20.9 Å². The average molecular weight is 408 g/mol. The summed E-state index contributed by atoms with van der Waals surface area (Å²) >= 11 is 0. The zero-order valence-corrected chi connectivity index (χ0v) is 17.4. The van der Waals surface area contributed by atoms with E-state index in [1.54, 1.807) is 4.68 Å². The summed E-state index contributed by atoms with van der Waals surface area (Å²) in [6.07, 6.45) is 0.600. The van der Waals surface area contributed by atoms with Crippen LogP contribution < -0.4 is 0 Å². The molecule has 1 N–H and O–H groups in total. The molecule has 1 radical (unpaired) electrons. The summed E-state index contributed by atoms with van der Waals surface area (Å²) in [6.45, 7) is 5.96. The normalized spacial score (nSPS) is 10.4. The third-order valence-electron chi connectivity index (χ3n) is 4.13. The first kappa shape index (κ1) is 19.5. The van der Waals surface area contributed by atoms with E-state index in [1.807, 2.05) is 63.2 Å². The molecular weight excluding hydrogens is 389 g/mol. The van der Waals surface area contributed by atoms with Gasteiger partial charge in [0.1, 0.15) is 0 Å². The van der Waals surface area contributed by atoms with Gasteiger partial charge in [0, 0.05) is 43.8 Å². The Morgan fingerprint density at radius 1 is 1.20 bits per heavy atom. The fourth-order valence-electron chi connectivity index (χ4n) is 2.88. The molecule has 2 aromatic carbocycles. The number of rotatable bonds is 4. The average Bonchev–Trinajstić information content (AvgIpc) is 2.95. The zero-order chi connectivity index (χ0) is 17.3. The van der Waals surface area contributed by atoms with E-state index < -0.39 is 5.97 Å². The quantitative estimate of drug-likeness (QED) is 0.658. The molecule has 0 saturated carbocycles. The van der Waals surface area contributed by atoms with Crippen molar-refractivity contribution in [3.63, 3.8) is 0 Å². The van der Waals surface area contributed by atoms with E-state index in [9.17, 15) is 9.90 Å². The largest absolute Gasteiger partial charge is 0.476 e. The van der Waals surface area contributed by atoms with E-state index in [-0.39, 0.29) is 38.4 Å². The third kappa shape index (κ3) is 3.75. The van der Waals surface area contributed by atoms with Crippen LogP contribution in [0.5, 0.6) is 0 Å². The van der Waals surface area contributed by atoms with Gasteiger partial charge in [0.2, 0.25) is 0 Å².